The Morgan fingerprint density at radius 2 is 1.82 bits per heavy atom. The van der Waals surface area contributed by atoms with E-state index in [1.54, 1.807) is 24.4 Å². The predicted octanol–water partition coefficient (Wildman–Crippen LogP) is 5.44. The van der Waals surface area contributed by atoms with Crippen LogP contribution >= 0.6 is 0 Å². The van der Waals surface area contributed by atoms with Gasteiger partial charge in [0, 0.05) is 29.7 Å². The number of hydrogen-bond donors (Lipinski definition) is 1. The molecule has 33 heavy (non-hydrogen) atoms. The van der Waals surface area contributed by atoms with Crippen molar-refractivity contribution in [3.63, 3.8) is 0 Å². The number of methoxy groups -OCH3 is 2. The summed E-state index contributed by atoms with van der Waals surface area (Å²) >= 11 is 0. The highest BCUT2D eigenvalue weighted by Gasteiger charge is 2.37. The van der Waals surface area contributed by atoms with E-state index >= 15 is 0 Å². The monoisotopic (exact) mass is 462 g/mol. The zero-order valence-electron chi connectivity index (χ0n) is 18.7. The van der Waals surface area contributed by atoms with Crippen molar-refractivity contribution >= 4 is 5.78 Å². The zero-order valence-corrected chi connectivity index (χ0v) is 18.7. The molecule has 0 saturated carbocycles. The number of alkyl halides is 3. The van der Waals surface area contributed by atoms with Crippen LogP contribution in [-0.2, 0) is 17.6 Å². The number of Topliss-reactive ketones (excluding diaryl/α,β-unsaturated/α-hetero) is 1. The number of carbonyl (C=O) groups excluding carboxylic acids is 1. The van der Waals surface area contributed by atoms with Crippen LogP contribution < -0.4 is 14.2 Å². The summed E-state index contributed by atoms with van der Waals surface area (Å²) in [5.41, 5.74) is 1.53. The summed E-state index contributed by atoms with van der Waals surface area (Å²) in [6.07, 6.45) is -2.58. The van der Waals surface area contributed by atoms with Crippen LogP contribution in [0, 0.1) is 6.92 Å². The van der Waals surface area contributed by atoms with Gasteiger partial charge in [-0.25, -0.2) is 0 Å². The van der Waals surface area contributed by atoms with Crippen molar-refractivity contribution < 1.29 is 32.2 Å². The third kappa shape index (κ3) is 5.47. The number of rotatable bonds is 9. The van der Waals surface area contributed by atoms with Gasteiger partial charge in [0.25, 0.3) is 0 Å². The number of ether oxygens (including phenoxy) is 3. The van der Waals surface area contributed by atoms with Crippen molar-refractivity contribution in [3.05, 3.63) is 70.5 Å². The number of nitrogens with one attached hydrogen (secondary N) is 1. The van der Waals surface area contributed by atoms with Crippen LogP contribution in [0.25, 0.3) is 0 Å². The number of benzene rings is 2. The van der Waals surface area contributed by atoms with Gasteiger partial charge in [-0.3, -0.25) is 9.89 Å². The Kier molecular flexibility index (Phi) is 7.30. The Balaban J connectivity index is 1.91. The molecule has 1 unspecified atom stereocenters. The molecule has 0 saturated heterocycles. The Morgan fingerprint density at radius 3 is 2.39 bits per heavy atom. The number of H-pyrrole nitrogens is 1. The van der Waals surface area contributed by atoms with Gasteiger partial charge in [0.2, 0.25) is 0 Å². The molecule has 1 atom stereocenters. The molecule has 1 N–H and O–H groups in total. The van der Waals surface area contributed by atoms with Gasteiger partial charge < -0.3 is 14.2 Å². The summed E-state index contributed by atoms with van der Waals surface area (Å²) in [5.74, 6) is 0.117. The molecular formula is C24H25F3N2O4. The van der Waals surface area contributed by atoms with Gasteiger partial charge in [0.05, 0.1) is 19.9 Å². The molecule has 3 rings (SSSR count). The largest absolute Gasteiger partial charge is 0.496 e. The SMILES string of the molecule is COc1cc(C(CC(C)=O)c2c[nH]nc2C)ccc1OCc1cccc(OC)c1C(F)(F)F. The molecule has 1 aromatic heterocycles. The van der Waals surface area contributed by atoms with Crippen molar-refractivity contribution in [2.45, 2.75) is 39.0 Å². The maximum Gasteiger partial charge on any atom is 0.420 e. The number of nitrogens with zero attached hydrogens (tertiary/aromatic N) is 1. The van der Waals surface area contributed by atoms with Crippen LogP contribution in [0.3, 0.4) is 0 Å². The van der Waals surface area contributed by atoms with E-state index in [9.17, 15) is 18.0 Å². The number of halogens is 3. The van der Waals surface area contributed by atoms with Crippen LogP contribution in [0.1, 0.15) is 47.2 Å². The molecule has 0 aliphatic rings. The standard InChI is InChI=1S/C24H25F3N2O4/c1-14(30)10-18(19-12-28-29-15(19)2)16-8-9-20(22(11-16)32-4)33-13-17-6-5-7-21(31-3)23(17)24(25,26)27/h5-9,11-12,18H,10,13H2,1-4H3,(H,28,29). The number of aromatic nitrogens is 2. The lowest BCUT2D eigenvalue weighted by atomic mass is 9.87. The second-order valence-electron chi connectivity index (χ2n) is 7.58. The average molecular weight is 462 g/mol. The minimum atomic E-state index is -4.60. The normalized spacial score (nSPS) is 12.3. The molecule has 2 aromatic carbocycles. The summed E-state index contributed by atoms with van der Waals surface area (Å²) in [5, 5.41) is 6.95. The highest BCUT2D eigenvalue weighted by Crippen LogP contribution is 2.40. The first-order chi connectivity index (χ1) is 15.7. The highest BCUT2D eigenvalue weighted by molar-refractivity contribution is 5.77. The minimum Gasteiger partial charge on any atom is -0.496 e. The van der Waals surface area contributed by atoms with Crippen molar-refractivity contribution in [3.8, 4) is 17.2 Å². The maximum absolute atomic E-state index is 13.6. The van der Waals surface area contributed by atoms with E-state index in [0.717, 1.165) is 16.8 Å². The van der Waals surface area contributed by atoms with Crippen molar-refractivity contribution in [2.24, 2.45) is 0 Å². The first-order valence-electron chi connectivity index (χ1n) is 10.2. The predicted molar refractivity (Wildman–Crippen MR) is 116 cm³/mol. The Morgan fingerprint density at radius 1 is 1.09 bits per heavy atom. The first-order valence-corrected chi connectivity index (χ1v) is 10.2. The number of aryl methyl sites for hydroxylation is 1. The first kappa shape index (κ1) is 24.2. The number of hydrogen-bond acceptors (Lipinski definition) is 5. The number of ketones is 1. The second kappa shape index (κ2) is 9.97. The van der Waals surface area contributed by atoms with E-state index in [2.05, 4.69) is 10.2 Å². The van der Waals surface area contributed by atoms with Gasteiger partial charge in [0.1, 0.15) is 23.7 Å². The molecule has 0 bridgehead atoms. The molecule has 9 heteroatoms. The summed E-state index contributed by atoms with van der Waals surface area (Å²) in [4.78, 5) is 11.9. The molecule has 1 heterocycles. The van der Waals surface area contributed by atoms with Crippen LogP contribution in [0.4, 0.5) is 13.2 Å². The van der Waals surface area contributed by atoms with Crippen LogP contribution in [-0.4, -0.2) is 30.2 Å². The fourth-order valence-electron chi connectivity index (χ4n) is 3.78. The molecule has 6 nitrogen and oxygen atoms in total. The molecule has 0 radical (unpaired) electrons. The van der Waals surface area contributed by atoms with Gasteiger partial charge in [-0.15, -0.1) is 0 Å². The van der Waals surface area contributed by atoms with E-state index < -0.39 is 11.7 Å². The maximum atomic E-state index is 13.6. The summed E-state index contributed by atoms with van der Waals surface area (Å²) < 4.78 is 56.8. The lowest BCUT2D eigenvalue weighted by Crippen LogP contribution is -2.13. The molecule has 0 spiro atoms. The Labute approximate surface area is 189 Å². The van der Waals surface area contributed by atoms with Gasteiger partial charge in [-0.2, -0.15) is 18.3 Å². The highest BCUT2D eigenvalue weighted by atomic mass is 19.4. The lowest BCUT2D eigenvalue weighted by Gasteiger charge is -2.19. The lowest BCUT2D eigenvalue weighted by molar-refractivity contribution is -0.139. The van der Waals surface area contributed by atoms with E-state index in [0.29, 0.717) is 5.75 Å². The van der Waals surface area contributed by atoms with E-state index in [1.807, 2.05) is 6.92 Å². The molecule has 3 aromatic rings. The Hall–Kier alpha value is -3.49. The smallest absolute Gasteiger partial charge is 0.420 e. The summed E-state index contributed by atoms with van der Waals surface area (Å²) in [7, 11) is 2.64. The van der Waals surface area contributed by atoms with Crippen molar-refractivity contribution in [1.29, 1.82) is 0 Å². The summed E-state index contributed by atoms with van der Waals surface area (Å²) in [6.45, 7) is 3.03. The van der Waals surface area contributed by atoms with Gasteiger partial charge in [-0.05, 0) is 37.6 Å². The Bertz CT molecular complexity index is 1130. The molecule has 0 amide bonds. The van der Waals surface area contributed by atoms with E-state index in [1.165, 1.54) is 39.3 Å². The van der Waals surface area contributed by atoms with Gasteiger partial charge in [-0.1, -0.05) is 18.2 Å². The van der Waals surface area contributed by atoms with Crippen molar-refractivity contribution in [1.82, 2.24) is 10.2 Å². The van der Waals surface area contributed by atoms with Crippen LogP contribution in [0.5, 0.6) is 17.2 Å². The fraction of sp³-hybridized carbons (Fsp3) is 0.333. The molecular weight excluding hydrogens is 437 g/mol. The van der Waals surface area contributed by atoms with Gasteiger partial charge in [0.15, 0.2) is 11.5 Å². The molecule has 0 aliphatic carbocycles. The number of carbonyl (C=O) groups is 1. The van der Waals surface area contributed by atoms with E-state index in [4.69, 9.17) is 14.2 Å². The topological polar surface area (TPSA) is 73.4 Å². The van der Waals surface area contributed by atoms with Crippen LogP contribution in [0.2, 0.25) is 0 Å². The number of aromatic amines is 1. The molecule has 0 aliphatic heterocycles. The van der Waals surface area contributed by atoms with E-state index in [-0.39, 0.29) is 41.8 Å². The van der Waals surface area contributed by atoms with Gasteiger partial charge >= 0.3 is 6.18 Å². The van der Waals surface area contributed by atoms with Crippen molar-refractivity contribution in [2.75, 3.05) is 14.2 Å². The fourth-order valence-corrected chi connectivity index (χ4v) is 3.78. The second-order valence-corrected chi connectivity index (χ2v) is 7.58. The summed E-state index contributed by atoms with van der Waals surface area (Å²) in [6, 6.07) is 9.21. The third-order valence-corrected chi connectivity index (χ3v) is 5.33. The average Bonchev–Trinajstić information content (AvgIpc) is 3.20. The minimum absolute atomic E-state index is 0.0117. The molecule has 0 fully saturated rings. The quantitative estimate of drug-likeness (QED) is 0.458. The molecule has 176 valence electrons. The zero-order chi connectivity index (χ0) is 24.2. The van der Waals surface area contributed by atoms with Crippen LogP contribution in [0.15, 0.2) is 42.6 Å². The third-order valence-electron chi connectivity index (χ3n) is 5.33.